The molecule has 0 aromatic carbocycles. The normalized spacial score (nSPS) is 34.2. The lowest BCUT2D eigenvalue weighted by molar-refractivity contribution is 0.0209. The van der Waals surface area contributed by atoms with Crippen LogP contribution in [0.25, 0.3) is 0 Å². The topological polar surface area (TPSA) is 29.5 Å². The Morgan fingerprint density at radius 2 is 2.10 bits per heavy atom. The molecule has 1 aliphatic rings. The maximum Gasteiger partial charge on any atom is 0.0590 e. The maximum atomic E-state index is 9.42. The lowest BCUT2D eigenvalue weighted by Gasteiger charge is -2.26. The zero-order valence-corrected chi connectivity index (χ0v) is 6.55. The van der Waals surface area contributed by atoms with Gasteiger partial charge in [-0.15, -0.1) is 0 Å². The van der Waals surface area contributed by atoms with Gasteiger partial charge in [0.05, 0.1) is 12.7 Å². The number of aliphatic hydroxyl groups is 1. The van der Waals surface area contributed by atoms with Crippen LogP contribution in [-0.2, 0) is 4.74 Å². The smallest absolute Gasteiger partial charge is 0.0590 e. The van der Waals surface area contributed by atoms with Gasteiger partial charge < -0.3 is 9.84 Å². The molecule has 60 valence electrons. The zero-order valence-electron chi connectivity index (χ0n) is 6.55. The predicted molar refractivity (Wildman–Crippen MR) is 39.8 cm³/mol. The molecule has 10 heavy (non-hydrogen) atoms. The van der Waals surface area contributed by atoms with Crippen LogP contribution in [0.15, 0.2) is 0 Å². The summed E-state index contributed by atoms with van der Waals surface area (Å²) >= 11 is 0. The first-order chi connectivity index (χ1) is 4.84. The summed E-state index contributed by atoms with van der Waals surface area (Å²) in [5.74, 6) is 0.402. The molecule has 0 aliphatic heterocycles. The van der Waals surface area contributed by atoms with E-state index in [0.29, 0.717) is 5.92 Å². The number of hydrogen-bond donors (Lipinski definition) is 1. The van der Waals surface area contributed by atoms with E-state index in [1.165, 1.54) is 12.8 Å². The van der Waals surface area contributed by atoms with E-state index in [2.05, 4.69) is 0 Å². The molecule has 2 atom stereocenters. The summed E-state index contributed by atoms with van der Waals surface area (Å²) in [6, 6.07) is 0. The van der Waals surface area contributed by atoms with Crippen molar-refractivity contribution in [2.45, 2.75) is 31.8 Å². The van der Waals surface area contributed by atoms with Gasteiger partial charge >= 0.3 is 0 Å². The van der Waals surface area contributed by atoms with Gasteiger partial charge in [-0.05, 0) is 12.8 Å². The second kappa shape index (κ2) is 3.94. The van der Waals surface area contributed by atoms with E-state index < -0.39 is 0 Å². The van der Waals surface area contributed by atoms with E-state index in [1.807, 2.05) is 0 Å². The molecule has 0 aromatic heterocycles. The fourth-order valence-corrected chi connectivity index (χ4v) is 1.60. The molecule has 1 rings (SSSR count). The van der Waals surface area contributed by atoms with Gasteiger partial charge in [0.2, 0.25) is 0 Å². The van der Waals surface area contributed by atoms with Crippen LogP contribution in [0, 0.1) is 5.92 Å². The summed E-state index contributed by atoms with van der Waals surface area (Å²) in [6.45, 7) is 0.723. The van der Waals surface area contributed by atoms with E-state index in [-0.39, 0.29) is 6.10 Å². The number of aliphatic hydroxyl groups excluding tert-OH is 1. The molecule has 0 heterocycles. The van der Waals surface area contributed by atoms with Crippen molar-refractivity contribution in [1.29, 1.82) is 0 Å². The molecule has 0 saturated heterocycles. The molecule has 0 aromatic rings. The van der Waals surface area contributed by atoms with Crippen LogP contribution in [0.4, 0.5) is 0 Å². The van der Waals surface area contributed by atoms with E-state index >= 15 is 0 Å². The van der Waals surface area contributed by atoms with Crippen LogP contribution >= 0.6 is 0 Å². The van der Waals surface area contributed by atoms with Gasteiger partial charge in [-0.25, -0.2) is 0 Å². The van der Waals surface area contributed by atoms with Crippen molar-refractivity contribution in [1.82, 2.24) is 0 Å². The van der Waals surface area contributed by atoms with Gasteiger partial charge in [-0.1, -0.05) is 12.8 Å². The summed E-state index contributed by atoms with van der Waals surface area (Å²) in [5.41, 5.74) is 0. The molecule has 0 amide bonds. The zero-order chi connectivity index (χ0) is 7.40. The SMILES string of the molecule is COC[C@H]1CCCC[C@@H]1O. The molecule has 1 fully saturated rings. The van der Waals surface area contributed by atoms with Crippen LogP contribution < -0.4 is 0 Å². The molecule has 2 heteroatoms. The van der Waals surface area contributed by atoms with Crippen molar-refractivity contribution in [3.63, 3.8) is 0 Å². The monoisotopic (exact) mass is 144 g/mol. The highest BCUT2D eigenvalue weighted by molar-refractivity contribution is 4.73. The van der Waals surface area contributed by atoms with Gasteiger partial charge in [0, 0.05) is 13.0 Å². The second-order valence-electron chi connectivity index (χ2n) is 3.07. The largest absolute Gasteiger partial charge is 0.393 e. The lowest BCUT2D eigenvalue weighted by Crippen LogP contribution is -2.27. The summed E-state index contributed by atoms with van der Waals surface area (Å²) in [4.78, 5) is 0. The number of ether oxygens (including phenoxy) is 1. The Kier molecular flexibility index (Phi) is 3.16. The summed E-state index contributed by atoms with van der Waals surface area (Å²) in [5, 5.41) is 9.42. The summed E-state index contributed by atoms with van der Waals surface area (Å²) in [6.07, 6.45) is 4.43. The van der Waals surface area contributed by atoms with E-state index in [9.17, 15) is 5.11 Å². The van der Waals surface area contributed by atoms with E-state index in [0.717, 1.165) is 19.4 Å². The molecule has 1 N–H and O–H groups in total. The van der Waals surface area contributed by atoms with Crippen molar-refractivity contribution in [2.24, 2.45) is 5.92 Å². The third-order valence-corrected chi connectivity index (χ3v) is 2.25. The highest BCUT2D eigenvalue weighted by Crippen LogP contribution is 2.23. The summed E-state index contributed by atoms with van der Waals surface area (Å²) < 4.78 is 4.99. The minimum absolute atomic E-state index is 0.103. The Morgan fingerprint density at radius 3 is 2.70 bits per heavy atom. The second-order valence-corrected chi connectivity index (χ2v) is 3.07. The van der Waals surface area contributed by atoms with Gasteiger partial charge in [0.1, 0.15) is 0 Å². The molecule has 1 aliphatic carbocycles. The highest BCUT2D eigenvalue weighted by Gasteiger charge is 2.22. The molecule has 0 bridgehead atoms. The Balaban J connectivity index is 2.25. The lowest BCUT2D eigenvalue weighted by atomic mass is 9.87. The Hall–Kier alpha value is -0.0800. The van der Waals surface area contributed by atoms with Crippen molar-refractivity contribution in [3.05, 3.63) is 0 Å². The minimum Gasteiger partial charge on any atom is -0.393 e. The number of rotatable bonds is 2. The first-order valence-electron chi connectivity index (χ1n) is 4.01. The van der Waals surface area contributed by atoms with Crippen LogP contribution in [0.1, 0.15) is 25.7 Å². The van der Waals surface area contributed by atoms with Crippen molar-refractivity contribution >= 4 is 0 Å². The van der Waals surface area contributed by atoms with Gasteiger partial charge in [-0.2, -0.15) is 0 Å². The van der Waals surface area contributed by atoms with Gasteiger partial charge in [0.25, 0.3) is 0 Å². The fourth-order valence-electron chi connectivity index (χ4n) is 1.60. The van der Waals surface area contributed by atoms with Crippen LogP contribution in [0.5, 0.6) is 0 Å². The van der Waals surface area contributed by atoms with Crippen LogP contribution in [-0.4, -0.2) is 24.9 Å². The molecular weight excluding hydrogens is 128 g/mol. The number of hydrogen-bond acceptors (Lipinski definition) is 2. The standard InChI is InChI=1S/C8H16O2/c1-10-6-7-4-2-3-5-8(7)9/h7-9H,2-6H2,1H3/t7-,8+/m1/s1. The average Bonchev–Trinajstić information content (AvgIpc) is 1.94. The Morgan fingerprint density at radius 1 is 1.40 bits per heavy atom. The third-order valence-electron chi connectivity index (χ3n) is 2.25. The van der Waals surface area contributed by atoms with E-state index in [4.69, 9.17) is 4.74 Å². The Labute approximate surface area is 62.2 Å². The first-order valence-corrected chi connectivity index (χ1v) is 4.01. The van der Waals surface area contributed by atoms with E-state index in [1.54, 1.807) is 7.11 Å². The minimum atomic E-state index is -0.103. The fraction of sp³-hybridized carbons (Fsp3) is 1.00. The van der Waals surface area contributed by atoms with Crippen LogP contribution in [0.2, 0.25) is 0 Å². The quantitative estimate of drug-likeness (QED) is 0.630. The molecule has 0 unspecified atom stereocenters. The first kappa shape index (κ1) is 8.02. The predicted octanol–water partition coefficient (Wildman–Crippen LogP) is 1.18. The van der Waals surface area contributed by atoms with Crippen molar-refractivity contribution in [3.8, 4) is 0 Å². The van der Waals surface area contributed by atoms with Gasteiger partial charge in [-0.3, -0.25) is 0 Å². The Bertz CT molecular complexity index is 91.3. The highest BCUT2D eigenvalue weighted by atomic mass is 16.5. The molecule has 0 spiro atoms. The molecule has 1 saturated carbocycles. The molecular formula is C8H16O2. The summed E-state index contributed by atoms with van der Waals surface area (Å²) in [7, 11) is 1.70. The maximum absolute atomic E-state index is 9.42. The number of methoxy groups -OCH3 is 1. The van der Waals surface area contributed by atoms with Crippen LogP contribution in [0.3, 0.4) is 0 Å². The van der Waals surface area contributed by atoms with Crippen molar-refractivity contribution in [2.75, 3.05) is 13.7 Å². The molecule has 0 radical (unpaired) electrons. The van der Waals surface area contributed by atoms with Crippen molar-refractivity contribution < 1.29 is 9.84 Å². The van der Waals surface area contributed by atoms with Gasteiger partial charge in [0.15, 0.2) is 0 Å². The molecule has 2 nitrogen and oxygen atoms in total. The third kappa shape index (κ3) is 1.96. The average molecular weight is 144 g/mol.